The third-order valence-electron chi connectivity index (χ3n) is 3.36. The zero-order chi connectivity index (χ0) is 14.5. The average molecular weight is 271 g/mol. The minimum absolute atomic E-state index is 0.0144. The Kier molecular flexibility index (Phi) is 4.48. The molecule has 0 fully saturated rings. The van der Waals surface area contributed by atoms with Crippen LogP contribution in [-0.4, -0.2) is 10.0 Å². The van der Waals surface area contributed by atoms with Crippen molar-refractivity contribution in [2.75, 3.05) is 0 Å². The van der Waals surface area contributed by atoms with Crippen molar-refractivity contribution in [1.29, 1.82) is 0 Å². The minimum atomic E-state index is -0.574. The van der Waals surface area contributed by atoms with Crippen LogP contribution in [0.4, 0.5) is 5.69 Å². The molecule has 0 heterocycles. The van der Waals surface area contributed by atoms with E-state index in [1.165, 1.54) is 6.07 Å². The number of hydrogen-bond acceptors (Lipinski definition) is 3. The fourth-order valence-electron chi connectivity index (χ4n) is 2.26. The molecule has 4 nitrogen and oxygen atoms in total. The van der Waals surface area contributed by atoms with Crippen LogP contribution in [0.3, 0.4) is 0 Å². The molecule has 0 saturated carbocycles. The van der Waals surface area contributed by atoms with E-state index in [0.29, 0.717) is 6.42 Å². The highest BCUT2D eigenvalue weighted by atomic mass is 16.6. The molecule has 20 heavy (non-hydrogen) atoms. The van der Waals surface area contributed by atoms with Crippen LogP contribution in [0.2, 0.25) is 0 Å². The van der Waals surface area contributed by atoms with E-state index in [2.05, 4.69) is 0 Å². The molecule has 0 radical (unpaired) electrons. The third kappa shape index (κ3) is 3.42. The van der Waals surface area contributed by atoms with Gasteiger partial charge in [-0.3, -0.25) is 10.1 Å². The Bertz CT molecular complexity index is 583. The number of rotatable bonds is 5. The van der Waals surface area contributed by atoms with Gasteiger partial charge in [-0.25, -0.2) is 0 Å². The lowest BCUT2D eigenvalue weighted by Crippen LogP contribution is -2.12. The first-order chi connectivity index (χ1) is 9.58. The maximum Gasteiger partial charge on any atom is 0.269 e. The Morgan fingerprint density at radius 3 is 2.50 bits per heavy atom. The highest BCUT2D eigenvalue weighted by Crippen LogP contribution is 2.25. The van der Waals surface area contributed by atoms with E-state index in [4.69, 9.17) is 0 Å². The summed E-state index contributed by atoms with van der Waals surface area (Å²) in [5.74, 6) is -0.0144. The van der Waals surface area contributed by atoms with Crippen molar-refractivity contribution in [2.24, 2.45) is 5.92 Å². The van der Waals surface area contributed by atoms with Crippen molar-refractivity contribution in [3.05, 3.63) is 75.8 Å². The van der Waals surface area contributed by atoms with Crippen LogP contribution in [-0.2, 0) is 6.42 Å². The van der Waals surface area contributed by atoms with Gasteiger partial charge in [0, 0.05) is 12.1 Å². The van der Waals surface area contributed by atoms with Gasteiger partial charge in [-0.15, -0.1) is 0 Å². The van der Waals surface area contributed by atoms with Gasteiger partial charge in [0.1, 0.15) is 0 Å². The summed E-state index contributed by atoms with van der Waals surface area (Å²) in [6, 6.07) is 16.0. The Labute approximate surface area is 117 Å². The molecule has 0 aliphatic heterocycles. The molecule has 0 spiro atoms. The lowest BCUT2D eigenvalue weighted by molar-refractivity contribution is -0.384. The van der Waals surface area contributed by atoms with E-state index in [-0.39, 0.29) is 11.6 Å². The third-order valence-corrected chi connectivity index (χ3v) is 3.36. The minimum Gasteiger partial charge on any atom is -0.388 e. The standard InChI is InChI=1S/C16H17NO3/c1-12(16(18)14-7-3-2-4-8-14)10-13-6-5-9-15(11-13)17(19)20/h2-9,11-12,16,18H,10H2,1H3. The van der Waals surface area contributed by atoms with E-state index < -0.39 is 11.0 Å². The Morgan fingerprint density at radius 1 is 1.15 bits per heavy atom. The predicted octanol–water partition coefficient (Wildman–Crippen LogP) is 3.51. The average Bonchev–Trinajstić information content (AvgIpc) is 2.47. The topological polar surface area (TPSA) is 63.4 Å². The van der Waals surface area contributed by atoms with E-state index >= 15 is 0 Å². The van der Waals surface area contributed by atoms with Crippen LogP contribution in [0.5, 0.6) is 0 Å². The van der Waals surface area contributed by atoms with Gasteiger partial charge in [-0.05, 0) is 23.5 Å². The van der Waals surface area contributed by atoms with Gasteiger partial charge in [0.2, 0.25) is 0 Å². The van der Waals surface area contributed by atoms with E-state index in [1.54, 1.807) is 12.1 Å². The van der Waals surface area contributed by atoms with E-state index in [0.717, 1.165) is 11.1 Å². The molecule has 4 heteroatoms. The summed E-state index contributed by atoms with van der Waals surface area (Å²) < 4.78 is 0. The van der Waals surface area contributed by atoms with Gasteiger partial charge < -0.3 is 5.11 Å². The summed E-state index contributed by atoms with van der Waals surface area (Å²) in [4.78, 5) is 10.3. The van der Waals surface area contributed by atoms with Crippen molar-refractivity contribution in [1.82, 2.24) is 0 Å². The maximum atomic E-state index is 10.8. The van der Waals surface area contributed by atoms with Crippen LogP contribution in [0.25, 0.3) is 0 Å². The molecule has 0 aliphatic carbocycles. The van der Waals surface area contributed by atoms with Crippen molar-refractivity contribution in [3.63, 3.8) is 0 Å². The first kappa shape index (κ1) is 14.2. The molecule has 0 bridgehead atoms. The lowest BCUT2D eigenvalue weighted by atomic mass is 9.91. The van der Waals surface area contributed by atoms with E-state index in [9.17, 15) is 15.2 Å². The van der Waals surface area contributed by atoms with Crippen LogP contribution in [0.1, 0.15) is 24.2 Å². The van der Waals surface area contributed by atoms with Crippen molar-refractivity contribution < 1.29 is 10.0 Å². The number of benzene rings is 2. The molecule has 0 amide bonds. The first-order valence-electron chi connectivity index (χ1n) is 6.54. The Morgan fingerprint density at radius 2 is 1.85 bits per heavy atom. The van der Waals surface area contributed by atoms with Gasteiger partial charge in [0.05, 0.1) is 11.0 Å². The summed E-state index contributed by atoms with van der Waals surface area (Å²) in [5.41, 5.74) is 1.82. The summed E-state index contributed by atoms with van der Waals surface area (Å²) in [5, 5.41) is 21.0. The summed E-state index contributed by atoms with van der Waals surface area (Å²) >= 11 is 0. The second-order valence-electron chi connectivity index (χ2n) is 4.96. The molecule has 2 rings (SSSR count). The quantitative estimate of drug-likeness (QED) is 0.668. The zero-order valence-electron chi connectivity index (χ0n) is 11.3. The normalized spacial score (nSPS) is 13.7. The van der Waals surface area contributed by atoms with Crippen LogP contribution in [0.15, 0.2) is 54.6 Å². The van der Waals surface area contributed by atoms with Gasteiger partial charge in [0.25, 0.3) is 5.69 Å². The highest BCUT2D eigenvalue weighted by molar-refractivity contribution is 5.34. The number of aliphatic hydroxyl groups is 1. The molecule has 104 valence electrons. The van der Waals surface area contributed by atoms with Gasteiger partial charge in [-0.2, -0.15) is 0 Å². The molecule has 2 aromatic rings. The SMILES string of the molecule is CC(Cc1cccc([N+](=O)[O-])c1)C(O)c1ccccc1. The number of hydrogen-bond donors (Lipinski definition) is 1. The smallest absolute Gasteiger partial charge is 0.269 e. The van der Waals surface area contributed by atoms with Crippen molar-refractivity contribution in [3.8, 4) is 0 Å². The summed E-state index contributed by atoms with van der Waals surface area (Å²) in [6.07, 6.45) is 0.0213. The molecule has 2 atom stereocenters. The molecular formula is C16H17NO3. The van der Waals surface area contributed by atoms with Crippen LogP contribution < -0.4 is 0 Å². The monoisotopic (exact) mass is 271 g/mol. The van der Waals surface area contributed by atoms with Gasteiger partial charge >= 0.3 is 0 Å². The summed E-state index contributed by atoms with van der Waals surface area (Å²) in [7, 11) is 0. The van der Waals surface area contributed by atoms with Gasteiger partial charge in [0.15, 0.2) is 0 Å². The van der Waals surface area contributed by atoms with Gasteiger partial charge in [-0.1, -0.05) is 49.4 Å². The number of nitrogens with zero attached hydrogens (tertiary/aromatic N) is 1. The van der Waals surface area contributed by atoms with E-state index in [1.807, 2.05) is 43.3 Å². The fraction of sp³-hybridized carbons (Fsp3) is 0.250. The molecule has 0 saturated heterocycles. The second kappa shape index (κ2) is 6.30. The zero-order valence-corrected chi connectivity index (χ0v) is 11.3. The Balaban J connectivity index is 2.09. The lowest BCUT2D eigenvalue weighted by Gasteiger charge is -2.19. The molecule has 2 aromatic carbocycles. The van der Waals surface area contributed by atoms with Crippen molar-refractivity contribution >= 4 is 5.69 Å². The number of aliphatic hydroxyl groups excluding tert-OH is 1. The number of nitro benzene ring substituents is 1. The second-order valence-corrected chi connectivity index (χ2v) is 4.96. The molecule has 2 unspecified atom stereocenters. The molecule has 0 aliphatic rings. The number of non-ortho nitro benzene ring substituents is 1. The summed E-state index contributed by atoms with van der Waals surface area (Å²) in [6.45, 7) is 1.94. The molecule has 0 aromatic heterocycles. The Hall–Kier alpha value is -2.20. The van der Waals surface area contributed by atoms with Crippen molar-refractivity contribution in [2.45, 2.75) is 19.4 Å². The molecular weight excluding hydrogens is 254 g/mol. The molecule has 1 N–H and O–H groups in total. The van der Waals surface area contributed by atoms with Crippen LogP contribution >= 0.6 is 0 Å². The maximum absolute atomic E-state index is 10.8. The first-order valence-corrected chi connectivity index (χ1v) is 6.54. The fourth-order valence-corrected chi connectivity index (χ4v) is 2.26. The number of nitro groups is 1. The largest absolute Gasteiger partial charge is 0.388 e. The van der Waals surface area contributed by atoms with Crippen LogP contribution in [0, 0.1) is 16.0 Å². The highest BCUT2D eigenvalue weighted by Gasteiger charge is 2.17. The predicted molar refractivity (Wildman–Crippen MR) is 77.4 cm³/mol.